The minimum absolute atomic E-state index is 0.0684. The summed E-state index contributed by atoms with van der Waals surface area (Å²) in [4.78, 5) is 34.7. The molecule has 5 heterocycles. The number of fused-ring (bicyclic) bond motifs is 1. The lowest BCUT2D eigenvalue weighted by molar-refractivity contribution is 0.0610. The van der Waals surface area contributed by atoms with Crippen molar-refractivity contribution in [2.45, 2.75) is 45.1 Å². The van der Waals surface area contributed by atoms with Crippen molar-refractivity contribution in [3.05, 3.63) is 45.4 Å². The second kappa shape index (κ2) is 7.96. The standard InChI is InChI=1S/C22H26N6O2S/c1-14-13-28-19(24-21(14)26-9-4-5-10-26)12-15(25-28)16-6-2-3-11-27(16)22(30)18-8-7-17(31-18)20(23)29/h7-8,12-13,16H,2-6,9-11H2,1H3,(H2,23,29)/t16-/m0/s1. The van der Waals surface area contributed by atoms with Gasteiger partial charge in [-0.05, 0) is 51.2 Å². The second-order valence-corrected chi connectivity index (χ2v) is 9.44. The van der Waals surface area contributed by atoms with Gasteiger partial charge in [-0.15, -0.1) is 11.3 Å². The predicted molar refractivity (Wildman–Crippen MR) is 120 cm³/mol. The van der Waals surface area contributed by atoms with E-state index in [9.17, 15) is 9.59 Å². The molecule has 31 heavy (non-hydrogen) atoms. The van der Waals surface area contributed by atoms with Crippen LogP contribution in [0.2, 0.25) is 0 Å². The number of aromatic nitrogens is 3. The molecule has 0 unspecified atom stereocenters. The van der Waals surface area contributed by atoms with Crippen LogP contribution in [0.1, 0.15) is 68.7 Å². The fourth-order valence-corrected chi connectivity index (χ4v) is 5.45. The van der Waals surface area contributed by atoms with Crippen molar-refractivity contribution in [1.82, 2.24) is 19.5 Å². The number of thiophene rings is 1. The Labute approximate surface area is 184 Å². The van der Waals surface area contributed by atoms with E-state index in [1.165, 1.54) is 12.8 Å². The molecular formula is C22H26N6O2S. The van der Waals surface area contributed by atoms with E-state index < -0.39 is 5.91 Å². The van der Waals surface area contributed by atoms with E-state index in [0.717, 1.165) is 66.4 Å². The van der Waals surface area contributed by atoms with Gasteiger partial charge in [0.15, 0.2) is 5.65 Å². The molecule has 0 aromatic carbocycles. The Morgan fingerprint density at radius 2 is 1.84 bits per heavy atom. The molecule has 0 saturated carbocycles. The van der Waals surface area contributed by atoms with Crippen LogP contribution in [0.5, 0.6) is 0 Å². The number of hydrogen-bond acceptors (Lipinski definition) is 6. The zero-order valence-electron chi connectivity index (χ0n) is 17.6. The van der Waals surface area contributed by atoms with Crippen LogP contribution in [0.25, 0.3) is 5.65 Å². The predicted octanol–water partition coefficient (Wildman–Crippen LogP) is 3.17. The number of carbonyl (C=O) groups is 2. The van der Waals surface area contributed by atoms with Gasteiger partial charge < -0.3 is 15.5 Å². The van der Waals surface area contributed by atoms with Crippen molar-refractivity contribution in [3.63, 3.8) is 0 Å². The maximum atomic E-state index is 13.2. The van der Waals surface area contributed by atoms with Gasteiger partial charge in [-0.3, -0.25) is 9.59 Å². The average molecular weight is 439 g/mol. The minimum Gasteiger partial charge on any atom is -0.365 e. The van der Waals surface area contributed by atoms with Crippen molar-refractivity contribution in [1.29, 1.82) is 0 Å². The van der Waals surface area contributed by atoms with Crippen LogP contribution in [-0.2, 0) is 0 Å². The van der Waals surface area contributed by atoms with Gasteiger partial charge in [-0.1, -0.05) is 0 Å². The third-order valence-electron chi connectivity index (χ3n) is 6.19. The highest BCUT2D eigenvalue weighted by Crippen LogP contribution is 2.33. The zero-order chi connectivity index (χ0) is 21.5. The normalized spacial score (nSPS) is 19.3. The molecule has 0 bridgehead atoms. The van der Waals surface area contributed by atoms with E-state index in [2.05, 4.69) is 11.8 Å². The summed E-state index contributed by atoms with van der Waals surface area (Å²) in [7, 11) is 0. The maximum absolute atomic E-state index is 13.2. The summed E-state index contributed by atoms with van der Waals surface area (Å²) in [5.41, 5.74) is 8.15. The molecule has 5 rings (SSSR count). The first-order valence-corrected chi connectivity index (χ1v) is 11.7. The van der Waals surface area contributed by atoms with Crippen LogP contribution in [-0.4, -0.2) is 50.9 Å². The number of primary amides is 1. The zero-order valence-corrected chi connectivity index (χ0v) is 18.4. The summed E-state index contributed by atoms with van der Waals surface area (Å²) in [6.45, 7) is 4.84. The number of anilines is 1. The van der Waals surface area contributed by atoms with Crippen molar-refractivity contribution in [2.24, 2.45) is 5.73 Å². The van der Waals surface area contributed by atoms with Gasteiger partial charge in [0.2, 0.25) is 0 Å². The summed E-state index contributed by atoms with van der Waals surface area (Å²) in [6.07, 6.45) is 7.31. The van der Waals surface area contributed by atoms with Crippen LogP contribution >= 0.6 is 11.3 Å². The molecule has 0 spiro atoms. The highest BCUT2D eigenvalue weighted by atomic mass is 32.1. The molecule has 0 aliphatic carbocycles. The van der Waals surface area contributed by atoms with E-state index in [1.807, 2.05) is 21.7 Å². The topological polar surface area (TPSA) is 96.8 Å². The molecule has 3 aromatic heterocycles. The van der Waals surface area contributed by atoms with Crippen molar-refractivity contribution < 1.29 is 9.59 Å². The third kappa shape index (κ3) is 3.67. The molecular weight excluding hydrogens is 412 g/mol. The number of carbonyl (C=O) groups excluding carboxylic acids is 2. The van der Waals surface area contributed by atoms with Crippen LogP contribution in [0.4, 0.5) is 5.82 Å². The largest absolute Gasteiger partial charge is 0.365 e. The number of aryl methyl sites for hydroxylation is 1. The van der Waals surface area contributed by atoms with Gasteiger partial charge in [0.1, 0.15) is 5.82 Å². The number of rotatable bonds is 4. The molecule has 2 amide bonds. The molecule has 3 aromatic rings. The second-order valence-electron chi connectivity index (χ2n) is 8.35. The fraction of sp³-hybridized carbons (Fsp3) is 0.455. The fourth-order valence-electron chi connectivity index (χ4n) is 4.64. The smallest absolute Gasteiger partial charge is 0.264 e. The quantitative estimate of drug-likeness (QED) is 0.675. The Balaban J connectivity index is 1.46. The minimum atomic E-state index is -0.505. The molecule has 2 saturated heterocycles. The van der Waals surface area contributed by atoms with E-state index in [0.29, 0.717) is 16.3 Å². The first-order chi connectivity index (χ1) is 15.0. The van der Waals surface area contributed by atoms with Crippen molar-refractivity contribution in [3.8, 4) is 0 Å². The molecule has 2 aliphatic rings. The molecule has 162 valence electrons. The van der Waals surface area contributed by atoms with Gasteiger partial charge in [-0.25, -0.2) is 9.50 Å². The first kappa shape index (κ1) is 20.0. The van der Waals surface area contributed by atoms with E-state index in [1.54, 1.807) is 12.1 Å². The molecule has 9 heteroatoms. The Bertz CT molecular complexity index is 1150. The van der Waals surface area contributed by atoms with Gasteiger partial charge in [-0.2, -0.15) is 5.10 Å². The summed E-state index contributed by atoms with van der Waals surface area (Å²) in [5, 5.41) is 4.80. The van der Waals surface area contributed by atoms with Crippen LogP contribution in [0.3, 0.4) is 0 Å². The van der Waals surface area contributed by atoms with Gasteiger partial charge in [0.05, 0.1) is 21.5 Å². The lowest BCUT2D eigenvalue weighted by Gasteiger charge is -2.34. The molecule has 0 radical (unpaired) electrons. The molecule has 2 N–H and O–H groups in total. The number of amides is 2. The highest BCUT2D eigenvalue weighted by Gasteiger charge is 2.32. The van der Waals surface area contributed by atoms with E-state index in [4.69, 9.17) is 15.8 Å². The number of piperidine rings is 1. The summed E-state index contributed by atoms with van der Waals surface area (Å²) in [6, 6.07) is 5.22. The van der Waals surface area contributed by atoms with Gasteiger partial charge in [0.25, 0.3) is 11.8 Å². The van der Waals surface area contributed by atoms with E-state index in [-0.39, 0.29) is 11.9 Å². The molecule has 2 fully saturated rings. The maximum Gasteiger partial charge on any atom is 0.264 e. The Kier molecular flexibility index (Phi) is 5.13. The average Bonchev–Trinajstić information content (AvgIpc) is 3.52. The number of likely N-dealkylation sites (tertiary alicyclic amines) is 1. The summed E-state index contributed by atoms with van der Waals surface area (Å²) in [5.74, 6) is 0.460. The monoisotopic (exact) mass is 438 g/mol. The number of nitrogens with zero attached hydrogens (tertiary/aromatic N) is 5. The Morgan fingerprint density at radius 3 is 2.58 bits per heavy atom. The van der Waals surface area contributed by atoms with Crippen molar-refractivity contribution >= 4 is 34.6 Å². The van der Waals surface area contributed by atoms with Crippen LogP contribution < -0.4 is 10.6 Å². The lowest BCUT2D eigenvalue weighted by Crippen LogP contribution is -2.38. The first-order valence-electron chi connectivity index (χ1n) is 10.8. The highest BCUT2D eigenvalue weighted by molar-refractivity contribution is 7.15. The number of nitrogens with two attached hydrogens (primary N) is 1. The molecule has 1 atom stereocenters. The SMILES string of the molecule is Cc1cn2nc([C@@H]3CCCCN3C(=O)c3ccc(C(N)=O)s3)cc2nc1N1CCCC1. The van der Waals surface area contributed by atoms with Crippen molar-refractivity contribution in [2.75, 3.05) is 24.5 Å². The lowest BCUT2D eigenvalue weighted by atomic mass is 9.99. The Morgan fingerprint density at radius 1 is 1.10 bits per heavy atom. The van der Waals surface area contributed by atoms with Gasteiger partial charge >= 0.3 is 0 Å². The van der Waals surface area contributed by atoms with E-state index >= 15 is 0 Å². The van der Waals surface area contributed by atoms with Gasteiger partial charge in [0, 0.05) is 37.5 Å². The van der Waals surface area contributed by atoms with Crippen LogP contribution in [0.15, 0.2) is 24.4 Å². The molecule has 2 aliphatic heterocycles. The molecule has 8 nitrogen and oxygen atoms in total. The Hall–Kier alpha value is -2.94. The van der Waals surface area contributed by atoms with Crippen LogP contribution in [0, 0.1) is 6.92 Å². The number of hydrogen-bond donors (Lipinski definition) is 1. The summed E-state index contributed by atoms with van der Waals surface area (Å²) >= 11 is 1.15. The third-order valence-corrected chi connectivity index (χ3v) is 7.28. The summed E-state index contributed by atoms with van der Waals surface area (Å²) < 4.78 is 1.83.